The number of nitrogens with two attached hydrogens (primary N) is 1. The first-order chi connectivity index (χ1) is 6.27. The Morgan fingerprint density at radius 3 is 2.85 bits per heavy atom. The van der Waals surface area contributed by atoms with Crippen LogP contribution in [-0.2, 0) is 0 Å². The van der Waals surface area contributed by atoms with Crippen LogP contribution >= 0.6 is 11.6 Å². The Bertz CT molecular complexity index is 290. The Hall–Kier alpha value is -0.890. The van der Waals surface area contributed by atoms with E-state index in [2.05, 4.69) is 0 Å². The van der Waals surface area contributed by atoms with Crippen LogP contribution in [0.2, 0.25) is 5.02 Å². The number of ether oxygens (including phenoxy) is 1. The molecular weight excluding hydrogens is 186 g/mol. The molecule has 70 valence electrons. The Labute approximate surface area is 82.6 Å². The average Bonchev–Trinajstić information content (AvgIpc) is 2.87. The average molecular weight is 198 g/mol. The largest absolute Gasteiger partial charge is 0.490 e. The fraction of sp³-hybridized carbons (Fsp3) is 0.400. The number of halogens is 1. The van der Waals surface area contributed by atoms with Gasteiger partial charge in [-0.15, -0.1) is 0 Å². The number of hydrogen-bond acceptors (Lipinski definition) is 2. The third-order valence-corrected chi connectivity index (χ3v) is 2.46. The minimum Gasteiger partial charge on any atom is -0.490 e. The second-order valence-corrected chi connectivity index (χ2v) is 3.82. The highest BCUT2D eigenvalue weighted by atomic mass is 35.5. The van der Waals surface area contributed by atoms with Crippen LogP contribution in [0.15, 0.2) is 18.2 Å². The molecule has 2 nitrogen and oxygen atoms in total. The van der Waals surface area contributed by atoms with Crippen LogP contribution in [-0.4, -0.2) is 6.61 Å². The molecule has 1 saturated carbocycles. The van der Waals surface area contributed by atoms with Crippen molar-refractivity contribution in [3.8, 4) is 5.75 Å². The number of para-hydroxylation sites is 1. The van der Waals surface area contributed by atoms with E-state index in [0.717, 1.165) is 12.5 Å². The molecule has 1 aliphatic rings. The highest BCUT2D eigenvalue weighted by Gasteiger charge is 2.22. The SMILES string of the molecule is Nc1cccc(Cl)c1OCC1CC1. The smallest absolute Gasteiger partial charge is 0.160 e. The van der Waals surface area contributed by atoms with Gasteiger partial charge in [-0.2, -0.15) is 0 Å². The molecule has 0 saturated heterocycles. The van der Waals surface area contributed by atoms with Crippen LogP contribution in [0.5, 0.6) is 5.75 Å². The van der Waals surface area contributed by atoms with Gasteiger partial charge in [0.2, 0.25) is 0 Å². The summed E-state index contributed by atoms with van der Waals surface area (Å²) in [5.74, 6) is 1.35. The number of anilines is 1. The van der Waals surface area contributed by atoms with Crippen molar-refractivity contribution in [2.45, 2.75) is 12.8 Å². The quantitative estimate of drug-likeness (QED) is 0.757. The van der Waals surface area contributed by atoms with Crippen molar-refractivity contribution < 1.29 is 4.74 Å². The Morgan fingerprint density at radius 2 is 2.23 bits per heavy atom. The predicted molar refractivity (Wildman–Crippen MR) is 54.1 cm³/mol. The second kappa shape index (κ2) is 3.46. The lowest BCUT2D eigenvalue weighted by atomic mass is 10.3. The Kier molecular flexibility index (Phi) is 2.32. The molecule has 0 amide bonds. The van der Waals surface area contributed by atoms with Crippen LogP contribution in [0.25, 0.3) is 0 Å². The maximum Gasteiger partial charge on any atom is 0.160 e. The topological polar surface area (TPSA) is 35.2 Å². The van der Waals surface area contributed by atoms with Crippen LogP contribution in [0.1, 0.15) is 12.8 Å². The van der Waals surface area contributed by atoms with Crippen LogP contribution in [0.4, 0.5) is 5.69 Å². The van der Waals surface area contributed by atoms with Gasteiger partial charge in [-0.05, 0) is 30.9 Å². The van der Waals surface area contributed by atoms with Crippen LogP contribution in [0.3, 0.4) is 0 Å². The predicted octanol–water partition coefficient (Wildman–Crippen LogP) is 2.71. The van der Waals surface area contributed by atoms with Gasteiger partial charge < -0.3 is 10.5 Å². The summed E-state index contributed by atoms with van der Waals surface area (Å²) >= 11 is 5.93. The molecule has 13 heavy (non-hydrogen) atoms. The van der Waals surface area contributed by atoms with E-state index in [9.17, 15) is 0 Å². The molecule has 2 rings (SSSR count). The van der Waals surface area contributed by atoms with Crippen molar-refractivity contribution in [2.75, 3.05) is 12.3 Å². The third-order valence-electron chi connectivity index (χ3n) is 2.16. The second-order valence-electron chi connectivity index (χ2n) is 3.41. The molecule has 0 spiro atoms. The highest BCUT2D eigenvalue weighted by molar-refractivity contribution is 6.32. The Balaban J connectivity index is 2.07. The van der Waals surface area contributed by atoms with Crippen molar-refractivity contribution in [1.82, 2.24) is 0 Å². The van der Waals surface area contributed by atoms with Crippen LogP contribution < -0.4 is 10.5 Å². The van der Waals surface area contributed by atoms with E-state index in [1.54, 1.807) is 12.1 Å². The summed E-state index contributed by atoms with van der Waals surface area (Å²) in [4.78, 5) is 0. The number of benzene rings is 1. The zero-order chi connectivity index (χ0) is 9.26. The lowest BCUT2D eigenvalue weighted by Gasteiger charge is -2.09. The molecule has 0 atom stereocenters. The molecule has 1 fully saturated rings. The lowest BCUT2D eigenvalue weighted by Crippen LogP contribution is -2.02. The Morgan fingerprint density at radius 1 is 1.46 bits per heavy atom. The van der Waals surface area contributed by atoms with E-state index >= 15 is 0 Å². The van der Waals surface area contributed by atoms with Crippen molar-refractivity contribution in [3.05, 3.63) is 23.2 Å². The molecule has 0 aromatic heterocycles. The van der Waals surface area contributed by atoms with E-state index in [4.69, 9.17) is 22.1 Å². The molecule has 0 radical (unpaired) electrons. The molecule has 0 unspecified atom stereocenters. The monoisotopic (exact) mass is 197 g/mol. The fourth-order valence-corrected chi connectivity index (χ4v) is 1.40. The molecule has 1 aromatic carbocycles. The van der Waals surface area contributed by atoms with Gasteiger partial charge in [-0.1, -0.05) is 17.7 Å². The van der Waals surface area contributed by atoms with Crippen molar-refractivity contribution in [2.24, 2.45) is 5.92 Å². The van der Waals surface area contributed by atoms with E-state index in [1.165, 1.54) is 12.8 Å². The first-order valence-electron chi connectivity index (χ1n) is 4.44. The van der Waals surface area contributed by atoms with Gasteiger partial charge in [0.15, 0.2) is 5.75 Å². The van der Waals surface area contributed by atoms with Crippen molar-refractivity contribution in [3.63, 3.8) is 0 Å². The zero-order valence-electron chi connectivity index (χ0n) is 7.29. The summed E-state index contributed by atoms with van der Waals surface area (Å²) in [7, 11) is 0. The molecular formula is C10H12ClNO. The van der Waals surface area contributed by atoms with Gasteiger partial charge in [-0.3, -0.25) is 0 Å². The van der Waals surface area contributed by atoms with Gasteiger partial charge in [0.25, 0.3) is 0 Å². The van der Waals surface area contributed by atoms with Crippen molar-refractivity contribution in [1.29, 1.82) is 0 Å². The minimum atomic E-state index is 0.598. The maximum absolute atomic E-state index is 5.93. The first-order valence-corrected chi connectivity index (χ1v) is 4.82. The lowest BCUT2D eigenvalue weighted by molar-refractivity contribution is 0.301. The van der Waals surface area contributed by atoms with Gasteiger partial charge in [0.1, 0.15) is 0 Å². The fourth-order valence-electron chi connectivity index (χ4n) is 1.16. The number of hydrogen-bond donors (Lipinski definition) is 1. The summed E-state index contributed by atoms with van der Waals surface area (Å²) in [5.41, 5.74) is 6.34. The van der Waals surface area contributed by atoms with Gasteiger partial charge in [-0.25, -0.2) is 0 Å². The minimum absolute atomic E-state index is 0.598. The molecule has 0 bridgehead atoms. The first kappa shape index (κ1) is 8.70. The van der Waals surface area contributed by atoms with Gasteiger partial charge in [0.05, 0.1) is 17.3 Å². The van der Waals surface area contributed by atoms with E-state index in [0.29, 0.717) is 16.5 Å². The number of rotatable bonds is 3. The molecule has 1 aliphatic carbocycles. The van der Waals surface area contributed by atoms with Gasteiger partial charge >= 0.3 is 0 Å². The summed E-state index contributed by atoms with van der Waals surface area (Å²) in [5, 5.41) is 0.598. The summed E-state index contributed by atoms with van der Waals surface area (Å²) in [6, 6.07) is 5.41. The summed E-state index contributed by atoms with van der Waals surface area (Å²) in [6.45, 7) is 0.744. The maximum atomic E-state index is 5.93. The van der Waals surface area contributed by atoms with E-state index in [1.807, 2.05) is 6.07 Å². The third kappa shape index (κ3) is 2.07. The highest BCUT2D eigenvalue weighted by Crippen LogP contribution is 2.34. The summed E-state index contributed by atoms with van der Waals surface area (Å²) in [6.07, 6.45) is 2.54. The standard InChI is InChI=1S/C10H12ClNO/c11-8-2-1-3-9(12)10(8)13-6-7-4-5-7/h1-3,7H,4-6,12H2. The molecule has 2 N–H and O–H groups in total. The van der Waals surface area contributed by atoms with E-state index < -0.39 is 0 Å². The van der Waals surface area contributed by atoms with Crippen LogP contribution in [0, 0.1) is 5.92 Å². The molecule has 0 heterocycles. The zero-order valence-corrected chi connectivity index (χ0v) is 8.05. The normalized spacial score (nSPS) is 15.8. The molecule has 3 heteroatoms. The number of nitrogen functional groups attached to an aromatic ring is 1. The van der Waals surface area contributed by atoms with Crippen molar-refractivity contribution >= 4 is 17.3 Å². The molecule has 0 aliphatic heterocycles. The van der Waals surface area contributed by atoms with E-state index in [-0.39, 0.29) is 0 Å². The summed E-state index contributed by atoms with van der Waals surface area (Å²) < 4.78 is 5.53. The molecule has 1 aromatic rings. The van der Waals surface area contributed by atoms with Gasteiger partial charge in [0, 0.05) is 0 Å².